The van der Waals surface area contributed by atoms with Crippen LogP contribution in [0.3, 0.4) is 0 Å². The number of carbonyl (C=O) groups is 4. The largest absolute Gasteiger partial charge is 0.463 e. The minimum absolute atomic E-state index is 0. The minimum Gasteiger partial charge on any atom is -0.463 e. The van der Waals surface area contributed by atoms with Crippen molar-refractivity contribution in [1.82, 2.24) is 5.32 Å². The summed E-state index contributed by atoms with van der Waals surface area (Å²) in [5, 5.41) is 23.0. The molecule has 1 rings (SSSR count). The number of halogens is 5. The number of hydrogen-bond acceptors (Lipinski definition) is 9. The SMILES string of the molecule is Br.CC(=O)OC[C@H]1O[C@H](Br)[C@H](NC(=O)OCC(Cl)(Cl)Cl)[C@](O)(C(C)=O)[C@@]1(O)C(C)=O. The van der Waals surface area contributed by atoms with E-state index in [1.54, 1.807) is 0 Å². The Hall–Kier alpha value is -0.210. The number of ketones is 2. The third-order valence-electron chi connectivity index (χ3n) is 4.21. The monoisotopic (exact) mass is 621 g/mol. The maximum absolute atomic E-state index is 12.4. The molecule has 1 aliphatic heterocycles. The first-order chi connectivity index (χ1) is 13.1. The van der Waals surface area contributed by atoms with E-state index in [1.807, 2.05) is 0 Å². The van der Waals surface area contributed by atoms with E-state index in [-0.39, 0.29) is 17.0 Å². The normalized spacial score (nSPS) is 31.2. The van der Waals surface area contributed by atoms with Gasteiger partial charge in [0.2, 0.25) is 3.79 Å². The van der Waals surface area contributed by atoms with Crippen LogP contribution in [0, 0.1) is 0 Å². The molecular formula is C15H20Br2Cl3NO9. The van der Waals surface area contributed by atoms with Crippen molar-refractivity contribution in [3.8, 4) is 0 Å². The second-order valence-electron chi connectivity index (χ2n) is 6.24. The van der Waals surface area contributed by atoms with E-state index < -0.39 is 69.0 Å². The molecule has 0 spiro atoms. The third kappa shape index (κ3) is 6.41. The summed E-state index contributed by atoms with van der Waals surface area (Å²) in [6.45, 7) is 1.53. The summed E-state index contributed by atoms with van der Waals surface area (Å²) in [7, 11) is 0. The number of nitrogens with one attached hydrogen (secondary N) is 1. The molecule has 0 aromatic carbocycles. The fourth-order valence-corrected chi connectivity index (χ4v) is 3.77. The van der Waals surface area contributed by atoms with E-state index in [0.29, 0.717) is 0 Å². The van der Waals surface area contributed by atoms with Crippen molar-refractivity contribution in [2.45, 2.75) is 52.9 Å². The van der Waals surface area contributed by atoms with Gasteiger partial charge in [-0.25, -0.2) is 4.79 Å². The predicted molar refractivity (Wildman–Crippen MR) is 114 cm³/mol. The number of alkyl halides is 4. The van der Waals surface area contributed by atoms with E-state index in [0.717, 1.165) is 20.8 Å². The van der Waals surface area contributed by atoms with Gasteiger partial charge in [-0.05, 0) is 13.8 Å². The topological polar surface area (TPSA) is 148 Å². The number of hydrogen-bond donors (Lipinski definition) is 3. The molecule has 0 radical (unpaired) electrons. The van der Waals surface area contributed by atoms with Crippen LogP contribution in [-0.2, 0) is 28.6 Å². The Morgan fingerprint density at radius 1 is 1.07 bits per heavy atom. The summed E-state index contributed by atoms with van der Waals surface area (Å²) in [5.74, 6) is -2.91. The smallest absolute Gasteiger partial charge is 0.407 e. The van der Waals surface area contributed by atoms with Crippen molar-refractivity contribution >= 4 is 91.3 Å². The second-order valence-corrected chi connectivity index (χ2v) is 9.66. The molecule has 0 aromatic heterocycles. The highest BCUT2D eigenvalue weighted by atomic mass is 79.9. The summed E-state index contributed by atoms with van der Waals surface area (Å²) >= 11 is 19.5. The van der Waals surface area contributed by atoms with Gasteiger partial charge in [-0.2, -0.15) is 0 Å². The van der Waals surface area contributed by atoms with Crippen LogP contribution in [0.15, 0.2) is 0 Å². The number of aliphatic hydroxyl groups is 2. The Kier molecular flexibility index (Phi) is 11.0. The Labute approximate surface area is 205 Å². The maximum Gasteiger partial charge on any atom is 0.407 e. The van der Waals surface area contributed by atoms with Crippen molar-refractivity contribution in [1.29, 1.82) is 0 Å². The summed E-state index contributed by atoms with van der Waals surface area (Å²) in [6, 6.07) is -1.72. The van der Waals surface area contributed by atoms with Gasteiger partial charge in [0.15, 0.2) is 22.8 Å². The predicted octanol–water partition coefficient (Wildman–Crippen LogP) is 1.35. The van der Waals surface area contributed by atoms with E-state index in [4.69, 9.17) is 44.3 Å². The number of ether oxygens (including phenoxy) is 3. The number of rotatable bonds is 6. The highest BCUT2D eigenvalue weighted by Gasteiger charge is 2.70. The maximum atomic E-state index is 12.4. The van der Waals surface area contributed by atoms with Crippen LogP contribution >= 0.6 is 67.7 Å². The molecule has 1 amide bonds. The molecule has 3 N–H and O–H groups in total. The van der Waals surface area contributed by atoms with Gasteiger partial charge in [-0.3, -0.25) is 14.4 Å². The van der Waals surface area contributed by atoms with Crippen molar-refractivity contribution in [3.63, 3.8) is 0 Å². The molecule has 174 valence electrons. The van der Waals surface area contributed by atoms with Crippen LogP contribution in [0.25, 0.3) is 0 Å². The number of Topliss-reactive ketones (excluding diaryl/α,β-unsaturated/α-hetero) is 2. The highest BCUT2D eigenvalue weighted by Crippen LogP contribution is 2.42. The van der Waals surface area contributed by atoms with Crippen LogP contribution in [0.4, 0.5) is 4.79 Å². The minimum atomic E-state index is -2.89. The molecule has 1 heterocycles. The average molecular weight is 624 g/mol. The van der Waals surface area contributed by atoms with Gasteiger partial charge in [0.25, 0.3) is 0 Å². The summed E-state index contributed by atoms with van der Waals surface area (Å²) in [5.41, 5.74) is -5.78. The molecule has 1 fully saturated rings. The first-order valence-electron chi connectivity index (χ1n) is 7.97. The quantitative estimate of drug-likeness (QED) is 0.294. The molecule has 0 aromatic rings. The second kappa shape index (κ2) is 11.1. The fraction of sp³-hybridized carbons (Fsp3) is 0.733. The molecule has 0 unspecified atom stereocenters. The molecule has 1 aliphatic rings. The first-order valence-corrected chi connectivity index (χ1v) is 10.0. The molecule has 5 atom stereocenters. The van der Waals surface area contributed by atoms with Gasteiger partial charge in [0.1, 0.15) is 30.4 Å². The summed E-state index contributed by atoms with van der Waals surface area (Å²) in [6.07, 6.45) is -2.88. The van der Waals surface area contributed by atoms with Crippen LogP contribution in [0.1, 0.15) is 20.8 Å². The van der Waals surface area contributed by atoms with Crippen LogP contribution in [0.5, 0.6) is 0 Å². The van der Waals surface area contributed by atoms with E-state index >= 15 is 0 Å². The van der Waals surface area contributed by atoms with Gasteiger partial charge in [-0.15, -0.1) is 17.0 Å². The zero-order chi connectivity index (χ0) is 22.8. The lowest BCUT2D eigenvalue weighted by Crippen LogP contribution is -2.81. The third-order valence-corrected chi connectivity index (χ3v) is 5.28. The van der Waals surface area contributed by atoms with Gasteiger partial charge >= 0.3 is 12.1 Å². The lowest BCUT2D eigenvalue weighted by atomic mass is 9.68. The fourth-order valence-electron chi connectivity index (χ4n) is 2.83. The van der Waals surface area contributed by atoms with Crippen LogP contribution < -0.4 is 5.32 Å². The molecule has 1 saturated heterocycles. The number of carbonyl (C=O) groups excluding carboxylic acids is 4. The van der Waals surface area contributed by atoms with Gasteiger partial charge in [0.05, 0.1) is 0 Å². The van der Waals surface area contributed by atoms with Gasteiger partial charge in [-0.1, -0.05) is 50.7 Å². The molecule has 15 heteroatoms. The summed E-state index contributed by atoms with van der Waals surface area (Å²) < 4.78 is 12.9. The van der Waals surface area contributed by atoms with Crippen LogP contribution in [0.2, 0.25) is 0 Å². The molecule has 0 aliphatic carbocycles. The Balaban J connectivity index is 0.00000841. The van der Waals surface area contributed by atoms with Gasteiger partial charge in [0, 0.05) is 6.92 Å². The summed E-state index contributed by atoms with van der Waals surface area (Å²) in [4.78, 5) is 47.8. The van der Waals surface area contributed by atoms with Crippen molar-refractivity contribution < 1.29 is 43.6 Å². The molecule has 10 nitrogen and oxygen atoms in total. The van der Waals surface area contributed by atoms with E-state index in [1.165, 1.54) is 0 Å². The lowest BCUT2D eigenvalue weighted by molar-refractivity contribution is -0.257. The Bertz CT molecular complexity index is 693. The average Bonchev–Trinajstić information content (AvgIpc) is 2.57. The van der Waals surface area contributed by atoms with E-state index in [9.17, 15) is 29.4 Å². The Morgan fingerprint density at radius 2 is 1.57 bits per heavy atom. The van der Waals surface area contributed by atoms with Crippen molar-refractivity contribution in [2.75, 3.05) is 13.2 Å². The zero-order valence-electron chi connectivity index (χ0n) is 15.8. The van der Waals surface area contributed by atoms with E-state index in [2.05, 4.69) is 26.0 Å². The number of amides is 1. The first kappa shape index (κ1) is 29.8. The molecule has 0 bridgehead atoms. The molecule has 30 heavy (non-hydrogen) atoms. The van der Waals surface area contributed by atoms with Crippen molar-refractivity contribution in [2.24, 2.45) is 0 Å². The lowest BCUT2D eigenvalue weighted by Gasteiger charge is -2.53. The number of alkyl carbamates (subject to hydrolysis) is 1. The zero-order valence-corrected chi connectivity index (χ0v) is 21.4. The standard InChI is InChI=1S/C15H19BrCl3NO9.BrH/c1-6(21)14(25)9(4-27-8(3)23)29-11(16)10(15(14,26)7(2)22)20-12(24)28-5-13(17,18)19;/h9-11,25-26H,4-5H2,1-3H3,(H,20,24);1H/t9-,10+,11+,14-,15-;/m1./s1. The van der Waals surface area contributed by atoms with Gasteiger partial charge < -0.3 is 29.7 Å². The Morgan fingerprint density at radius 3 is 1.97 bits per heavy atom. The van der Waals surface area contributed by atoms with Crippen LogP contribution in [-0.4, -0.2) is 79.2 Å². The highest BCUT2D eigenvalue weighted by molar-refractivity contribution is 9.09. The molecule has 0 saturated carbocycles. The molecular weight excluding hydrogens is 604 g/mol. The van der Waals surface area contributed by atoms with Crippen molar-refractivity contribution in [3.05, 3.63) is 0 Å². The number of esters is 1.